The standard InChI is InChI=1S/C72H107N19O18S3/c1-36(2)24-49-70(108)91-23-9-12-54(91)71(109)90-22-8-11-53(90)68(106)87-51-34-111-31-42-25-41(26-43(27-42)32-112-35-52(86-59(97)38(5)73)67(105)82-45(10-7-21-78-72(76)77)62(100)83-46(64(102)85-49)17-19-55(74)93)30-110-33-50(61(99)79-29-56(75)94)88-69(107)58(37(3)4)89-65(103)48(28-40-13-15-44(92)16-14-40)84-63(101)47(18-20-57(95)96)81-60(98)39(6)80-66(51)104/h13-16,25-27,36-39,45-54,58,92H,7-12,17-24,28-35,73H2,1-6H3,(H2,74,93)(H2,75,94)(H,79,99)(H,80,104)(H,81,98)(H,82,105)(H,83,100)(H,84,101)(H,85,102)(H,86,97)(H,87,106)(H,88,107)(H,89,103)(H,95,96)(H4,76,77,78)/t38-,39-,45-,46-,47-,48-,49-,50-,51-,52-,53-,54-,58-/m0/s1. The van der Waals surface area contributed by atoms with Crippen molar-refractivity contribution in [1.29, 1.82) is 0 Å². The minimum Gasteiger partial charge on any atom is -0.508 e. The second kappa shape index (κ2) is 44.3. The number of carbonyl (C=O) groups is 16. The van der Waals surface area contributed by atoms with E-state index in [9.17, 15) is 77.3 Å². The van der Waals surface area contributed by atoms with Gasteiger partial charge in [-0.1, -0.05) is 58.0 Å². The van der Waals surface area contributed by atoms with Gasteiger partial charge in [0, 0.05) is 73.4 Å². The number of phenols is 1. The van der Waals surface area contributed by atoms with Crippen LogP contribution in [0.15, 0.2) is 47.5 Å². The number of amides is 15. The molecular formula is C72H107N19O18S3. The van der Waals surface area contributed by atoms with E-state index in [4.69, 9.17) is 28.7 Å². The van der Waals surface area contributed by atoms with Crippen molar-refractivity contribution in [2.45, 2.75) is 214 Å². The second-order valence-corrected chi connectivity index (χ2v) is 32.0. The third kappa shape index (κ3) is 29.0. The van der Waals surface area contributed by atoms with Crippen LogP contribution >= 0.6 is 35.3 Å². The summed E-state index contributed by atoms with van der Waals surface area (Å²) in [4.78, 5) is 233. The number of aromatic hydroxyl groups is 1. The number of hydrogen-bond acceptors (Lipinski definition) is 22. The van der Waals surface area contributed by atoms with Crippen LogP contribution in [0, 0.1) is 11.8 Å². The molecule has 0 unspecified atom stereocenters. The molecule has 112 heavy (non-hydrogen) atoms. The molecule has 37 nitrogen and oxygen atoms in total. The molecule has 13 atom stereocenters. The van der Waals surface area contributed by atoms with Crippen molar-refractivity contribution in [1.82, 2.24) is 68.3 Å². The zero-order valence-electron chi connectivity index (χ0n) is 63.6. The molecule has 15 amide bonds. The van der Waals surface area contributed by atoms with E-state index in [1.807, 2.05) is 18.2 Å². The second-order valence-electron chi connectivity index (χ2n) is 28.9. The first kappa shape index (κ1) is 90.9. The largest absolute Gasteiger partial charge is 0.508 e. The maximum atomic E-state index is 15.1. The van der Waals surface area contributed by atoms with Crippen molar-refractivity contribution >= 4 is 136 Å². The summed E-state index contributed by atoms with van der Waals surface area (Å²) < 4.78 is 0. The quantitative estimate of drug-likeness (QED) is 0.0342. The van der Waals surface area contributed by atoms with Crippen LogP contribution in [-0.2, 0) is 100 Å². The third-order valence-electron chi connectivity index (χ3n) is 18.7. The van der Waals surface area contributed by atoms with Crippen LogP contribution in [0.25, 0.3) is 0 Å². The number of aliphatic imine (C=N–C) groups is 1. The van der Waals surface area contributed by atoms with Gasteiger partial charge in [0.2, 0.25) is 88.6 Å². The molecular weight excluding hydrogens is 1520 g/mol. The highest BCUT2D eigenvalue weighted by molar-refractivity contribution is 7.99. The van der Waals surface area contributed by atoms with Crippen molar-refractivity contribution in [3.8, 4) is 5.75 Å². The van der Waals surface area contributed by atoms with Crippen LogP contribution in [0.1, 0.15) is 134 Å². The lowest BCUT2D eigenvalue weighted by Crippen LogP contribution is -2.61. The Balaban J connectivity index is 1.50. The summed E-state index contributed by atoms with van der Waals surface area (Å²) in [5, 5.41) is 49.0. The van der Waals surface area contributed by atoms with Crippen LogP contribution in [-0.4, -0.2) is 243 Å². The van der Waals surface area contributed by atoms with E-state index in [0.29, 0.717) is 35.1 Å². The lowest BCUT2D eigenvalue weighted by Gasteiger charge is -2.34. The van der Waals surface area contributed by atoms with Gasteiger partial charge in [0.15, 0.2) is 5.96 Å². The summed E-state index contributed by atoms with van der Waals surface area (Å²) in [5.74, 6) is -16.0. The minimum atomic E-state index is -1.71. The number of aliphatic carboxylic acids is 1. The number of hydrogen-bond donors (Lipinski definition) is 18. The fraction of sp³-hybridized carbons (Fsp3) is 0.597. The number of guanidine groups is 1. The number of nitrogens with one attached hydrogen (secondary N) is 11. The van der Waals surface area contributed by atoms with Gasteiger partial charge in [0.05, 0.1) is 12.6 Å². The van der Waals surface area contributed by atoms with E-state index in [1.54, 1.807) is 27.7 Å². The molecule has 0 saturated carbocycles. The minimum absolute atomic E-state index is 0.0185. The van der Waals surface area contributed by atoms with Crippen molar-refractivity contribution in [3.63, 3.8) is 0 Å². The normalized spacial score (nSPS) is 25.3. The number of carboxylic acids is 1. The topological polar surface area (TPSA) is 595 Å². The number of carbonyl (C=O) groups excluding carboxylic acids is 15. The molecule has 4 heterocycles. The number of carboxylic acid groups (broad SMARTS) is 1. The van der Waals surface area contributed by atoms with E-state index >= 15 is 9.59 Å². The van der Waals surface area contributed by atoms with E-state index in [-0.39, 0.29) is 117 Å². The number of thioether (sulfide) groups is 3. The Labute approximate surface area is 661 Å². The summed E-state index contributed by atoms with van der Waals surface area (Å²) in [6.07, 6.45) is -1.55. The van der Waals surface area contributed by atoms with Gasteiger partial charge in [-0.05, 0) is 118 Å². The van der Waals surface area contributed by atoms with Gasteiger partial charge < -0.3 is 107 Å². The van der Waals surface area contributed by atoms with E-state index in [1.165, 1.54) is 47.9 Å². The van der Waals surface area contributed by atoms with Crippen LogP contribution in [0.2, 0.25) is 0 Å². The molecule has 2 saturated heterocycles. The predicted octanol–water partition coefficient (Wildman–Crippen LogP) is -3.95. The average Bonchev–Trinajstić information content (AvgIpc) is 1.64. The molecule has 2 fully saturated rings. The van der Waals surface area contributed by atoms with Crippen LogP contribution in [0.3, 0.4) is 0 Å². The van der Waals surface area contributed by atoms with Crippen molar-refractivity contribution in [2.24, 2.45) is 45.5 Å². The van der Waals surface area contributed by atoms with Crippen molar-refractivity contribution < 1.29 is 86.9 Å². The maximum Gasteiger partial charge on any atom is 0.303 e. The molecule has 0 aromatic heterocycles. The van der Waals surface area contributed by atoms with Gasteiger partial charge in [0.1, 0.15) is 78.3 Å². The molecule has 6 rings (SSSR count). The SMILES string of the molecule is CC(C)C[C@@H]1NC(=O)[C@H](CCC(N)=O)NC(=O)[C@H](CCCN=C(N)N)NC(=O)[C@@H](NC(=O)[C@H](C)N)CSCc2cc3cc(c2)CSC[C@H](NC(=O)[C@@H]2CCCN2C(=O)[C@@H]2CCCN2C1=O)C(=O)N[C@@H](C)C(=O)N[C@@H](CCC(=O)O)C(=O)N[C@@H](Cc1ccc(O)cc1)C(=O)N[C@@H](C(C)C)C(=O)N[C@H](C(=O)NCC(N)=O)CSC3. The molecule has 0 radical (unpaired) electrons. The number of phenolic OH excluding ortho intramolecular Hbond substituents is 1. The molecule has 2 aromatic rings. The van der Waals surface area contributed by atoms with Gasteiger partial charge in [-0.2, -0.15) is 35.3 Å². The molecule has 23 N–H and O–H groups in total. The van der Waals surface area contributed by atoms with Crippen LogP contribution in [0.4, 0.5) is 0 Å². The zero-order chi connectivity index (χ0) is 82.6. The number of primary amides is 2. The highest BCUT2D eigenvalue weighted by Gasteiger charge is 2.45. The number of rotatable bonds is 20. The summed E-state index contributed by atoms with van der Waals surface area (Å²) in [5.41, 5.74) is 30.5. The predicted molar refractivity (Wildman–Crippen MR) is 417 cm³/mol. The first-order valence-electron chi connectivity index (χ1n) is 37.1. The molecule has 616 valence electrons. The van der Waals surface area contributed by atoms with Gasteiger partial charge in [0.25, 0.3) is 0 Å². The fourth-order valence-electron chi connectivity index (χ4n) is 12.8. The van der Waals surface area contributed by atoms with Crippen molar-refractivity contribution in [3.05, 3.63) is 64.7 Å². The molecule has 4 bridgehead atoms. The molecule has 4 aliphatic heterocycles. The number of fused-ring (bicyclic) bond motifs is 7. The van der Waals surface area contributed by atoms with Gasteiger partial charge in [-0.25, -0.2) is 0 Å². The zero-order valence-corrected chi connectivity index (χ0v) is 66.1. The van der Waals surface area contributed by atoms with Gasteiger partial charge >= 0.3 is 5.97 Å². The van der Waals surface area contributed by atoms with Crippen molar-refractivity contribution in [2.75, 3.05) is 43.4 Å². The van der Waals surface area contributed by atoms with Crippen LogP contribution < -0.4 is 87.2 Å². The Morgan fingerprint density at radius 3 is 1.66 bits per heavy atom. The molecule has 0 spiro atoms. The fourth-order valence-corrected chi connectivity index (χ4v) is 15.8. The lowest BCUT2D eigenvalue weighted by molar-refractivity contribution is -0.148. The van der Waals surface area contributed by atoms with Gasteiger partial charge in [-0.15, -0.1) is 0 Å². The summed E-state index contributed by atoms with van der Waals surface area (Å²) in [6, 6.07) is -7.49. The number of nitrogens with two attached hydrogens (primary N) is 5. The monoisotopic (exact) mass is 1620 g/mol. The Morgan fingerprint density at radius 1 is 0.571 bits per heavy atom. The Bertz CT molecular complexity index is 3780. The lowest BCUT2D eigenvalue weighted by atomic mass is 10.00. The van der Waals surface area contributed by atoms with Gasteiger partial charge in [-0.3, -0.25) is 81.7 Å². The molecule has 2 aromatic carbocycles. The molecule has 0 aliphatic carbocycles. The summed E-state index contributed by atoms with van der Waals surface area (Å²) in [7, 11) is 0. The average molecular weight is 1620 g/mol. The molecule has 40 heteroatoms. The smallest absolute Gasteiger partial charge is 0.303 e. The number of nitrogens with zero attached hydrogens (tertiary/aromatic N) is 3. The summed E-state index contributed by atoms with van der Waals surface area (Å²) in [6.45, 7) is 8.84. The van der Waals surface area contributed by atoms with E-state index < -0.39 is 205 Å². The highest BCUT2D eigenvalue weighted by Crippen LogP contribution is 2.29. The maximum absolute atomic E-state index is 15.1. The third-order valence-corrected chi connectivity index (χ3v) is 22.0. The summed E-state index contributed by atoms with van der Waals surface area (Å²) >= 11 is 3.47. The molecule has 4 aliphatic rings. The Hall–Kier alpha value is -9.96. The first-order valence-corrected chi connectivity index (χ1v) is 40.6. The van der Waals surface area contributed by atoms with Crippen LogP contribution in [0.5, 0.6) is 5.75 Å². The number of benzene rings is 2. The Kier molecular flexibility index (Phi) is 36.0. The first-order chi connectivity index (χ1) is 53.0. The Morgan fingerprint density at radius 2 is 1.10 bits per heavy atom. The van der Waals surface area contributed by atoms with E-state index in [2.05, 4.69) is 63.5 Å². The van der Waals surface area contributed by atoms with E-state index in [0.717, 1.165) is 35.3 Å². The highest BCUT2D eigenvalue weighted by atomic mass is 32.2.